The van der Waals surface area contributed by atoms with Crippen LogP contribution in [0, 0.1) is 5.92 Å². The zero-order valence-corrected chi connectivity index (χ0v) is 18.5. The molecule has 0 amide bonds. The minimum absolute atomic E-state index is 0. The molecule has 0 saturated heterocycles. The van der Waals surface area contributed by atoms with Gasteiger partial charge in [0, 0.05) is 39.2 Å². The fraction of sp³-hybridized carbons (Fsp3) is 0.650. The van der Waals surface area contributed by atoms with E-state index in [-0.39, 0.29) is 29.4 Å². The van der Waals surface area contributed by atoms with Crippen LogP contribution in [0.4, 0.5) is 0 Å². The highest BCUT2D eigenvalue weighted by Crippen LogP contribution is 2.49. The van der Waals surface area contributed by atoms with Gasteiger partial charge in [-0.25, -0.2) is 0 Å². The largest absolute Gasteiger partial charge is 0.454 e. The lowest BCUT2D eigenvalue weighted by Crippen LogP contribution is -2.43. The molecule has 0 spiro atoms. The third-order valence-electron chi connectivity index (χ3n) is 5.62. The van der Waals surface area contributed by atoms with Gasteiger partial charge < -0.3 is 24.4 Å². The molecule has 2 fully saturated rings. The van der Waals surface area contributed by atoms with Crippen LogP contribution in [0.15, 0.2) is 23.2 Å². The Labute approximate surface area is 178 Å². The van der Waals surface area contributed by atoms with Gasteiger partial charge in [-0.2, -0.15) is 0 Å². The van der Waals surface area contributed by atoms with Crippen LogP contribution in [0.5, 0.6) is 11.5 Å². The number of likely N-dealkylation sites (N-methyl/N-ethyl adjacent to an activating group) is 1. The Morgan fingerprint density at radius 3 is 2.78 bits per heavy atom. The molecule has 2 saturated carbocycles. The monoisotopic (exact) mass is 487 g/mol. The molecule has 7 heteroatoms. The Hall–Kier alpha value is -1.22. The summed E-state index contributed by atoms with van der Waals surface area (Å²) in [6.45, 7) is 3.72. The van der Waals surface area contributed by atoms with Crippen LogP contribution in [0.3, 0.4) is 0 Å². The van der Waals surface area contributed by atoms with E-state index in [1.165, 1.54) is 31.2 Å². The summed E-state index contributed by atoms with van der Waals surface area (Å²) in [6, 6.07) is 6.32. The third kappa shape index (κ3) is 4.99. The summed E-state index contributed by atoms with van der Waals surface area (Å²) in [5.74, 6) is 3.45. The summed E-state index contributed by atoms with van der Waals surface area (Å²) >= 11 is 0. The molecule has 150 valence electrons. The standard InChI is InChI=1S/C20H29N3O3.HI/c1-21-19(23(2)9-10-24-12-15-3-4-15)22-13-20(7-8-20)16-5-6-17-18(11-16)26-14-25-17;/h5-6,11,15H,3-4,7-10,12-14H2,1-2H3,(H,21,22);1H. The summed E-state index contributed by atoms with van der Waals surface area (Å²) in [7, 11) is 3.90. The Morgan fingerprint density at radius 2 is 2.07 bits per heavy atom. The van der Waals surface area contributed by atoms with Gasteiger partial charge in [-0.1, -0.05) is 6.07 Å². The second kappa shape index (κ2) is 8.86. The van der Waals surface area contributed by atoms with Crippen molar-refractivity contribution >= 4 is 29.9 Å². The van der Waals surface area contributed by atoms with Gasteiger partial charge in [0.25, 0.3) is 0 Å². The van der Waals surface area contributed by atoms with E-state index >= 15 is 0 Å². The Balaban J connectivity index is 0.00000210. The molecule has 1 heterocycles. The minimum atomic E-state index is 0. The first kappa shape index (κ1) is 20.5. The maximum absolute atomic E-state index is 5.74. The molecule has 3 aliphatic rings. The van der Waals surface area contributed by atoms with Gasteiger partial charge in [-0.3, -0.25) is 4.99 Å². The van der Waals surface area contributed by atoms with Crippen LogP contribution in [-0.2, 0) is 10.2 Å². The zero-order chi connectivity index (χ0) is 18.0. The van der Waals surface area contributed by atoms with Crippen molar-refractivity contribution in [2.24, 2.45) is 10.9 Å². The zero-order valence-electron chi connectivity index (χ0n) is 16.2. The van der Waals surface area contributed by atoms with Crippen molar-refractivity contribution < 1.29 is 14.2 Å². The smallest absolute Gasteiger partial charge is 0.231 e. The number of fused-ring (bicyclic) bond motifs is 1. The van der Waals surface area contributed by atoms with Gasteiger partial charge in [0.2, 0.25) is 6.79 Å². The van der Waals surface area contributed by atoms with Gasteiger partial charge in [-0.15, -0.1) is 24.0 Å². The molecule has 0 aromatic heterocycles. The lowest BCUT2D eigenvalue weighted by Gasteiger charge is -2.25. The lowest BCUT2D eigenvalue weighted by atomic mass is 9.95. The van der Waals surface area contributed by atoms with E-state index in [1.54, 1.807) is 0 Å². The van der Waals surface area contributed by atoms with E-state index in [0.29, 0.717) is 6.79 Å². The van der Waals surface area contributed by atoms with Crippen LogP contribution in [-0.4, -0.2) is 58.1 Å². The van der Waals surface area contributed by atoms with E-state index < -0.39 is 0 Å². The number of nitrogens with one attached hydrogen (secondary N) is 1. The molecular formula is C20H30IN3O3. The number of ether oxygens (including phenoxy) is 3. The third-order valence-corrected chi connectivity index (χ3v) is 5.62. The van der Waals surface area contributed by atoms with Crippen LogP contribution in [0.2, 0.25) is 0 Å². The predicted octanol–water partition coefficient (Wildman–Crippen LogP) is 3.00. The summed E-state index contributed by atoms with van der Waals surface area (Å²) in [4.78, 5) is 6.57. The van der Waals surface area contributed by atoms with Crippen molar-refractivity contribution in [2.75, 3.05) is 47.2 Å². The molecule has 1 aromatic rings. The number of guanidine groups is 1. The Kier molecular flexibility index (Phi) is 6.73. The lowest BCUT2D eigenvalue weighted by molar-refractivity contribution is 0.115. The van der Waals surface area contributed by atoms with Crippen LogP contribution < -0.4 is 14.8 Å². The maximum atomic E-state index is 5.74. The normalized spacial score (nSPS) is 19.4. The van der Waals surface area contributed by atoms with Crippen LogP contribution >= 0.6 is 24.0 Å². The SMILES string of the molecule is CN=C(NCC1(c2ccc3c(c2)OCO3)CC1)N(C)CCOCC1CC1.I. The predicted molar refractivity (Wildman–Crippen MR) is 116 cm³/mol. The maximum Gasteiger partial charge on any atom is 0.231 e. The number of nitrogens with zero attached hydrogens (tertiary/aromatic N) is 2. The second-order valence-corrected chi connectivity index (χ2v) is 7.69. The van der Waals surface area contributed by atoms with Crippen molar-refractivity contribution in [3.8, 4) is 11.5 Å². The van der Waals surface area contributed by atoms with Crippen molar-refractivity contribution in [2.45, 2.75) is 31.1 Å². The molecule has 6 nitrogen and oxygen atoms in total. The average molecular weight is 487 g/mol. The first-order valence-corrected chi connectivity index (χ1v) is 9.60. The molecule has 0 bridgehead atoms. The number of hydrogen-bond donors (Lipinski definition) is 1. The molecule has 0 radical (unpaired) electrons. The van der Waals surface area contributed by atoms with Gasteiger partial charge in [0.15, 0.2) is 17.5 Å². The molecule has 1 aliphatic heterocycles. The number of rotatable bonds is 8. The van der Waals surface area contributed by atoms with Crippen LogP contribution in [0.1, 0.15) is 31.2 Å². The summed E-state index contributed by atoms with van der Waals surface area (Å²) < 4.78 is 16.7. The summed E-state index contributed by atoms with van der Waals surface area (Å²) in [5.41, 5.74) is 1.50. The van der Waals surface area contributed by atoms with E-state index in [1.807, 2.05) is 13.1 Å². The highest BCUT2D eigenvalue weighted by atomic mass is 127. The van der Waals surface area contributed by atoms with E-state index in [0.717, 1.165) is 49.7 Å². The first-order valence-electron chi connectivity index (χ1n) is 9.60. The molecule has 0 unspecified atom stereocenters. The van der Waals surface area contributed by atoms with Crippen molar-refractivity contribution in [3.63, 3.8) is 0 Å². The van der Waals surface area contributed by atoms with Gasteiger partial charge in [-0.05, 0) is 49.3 Å². The molecular weight excluding hydrogens is 457 g/mol. The van der Waals surface area contributed by atoms with E-state index in [2.05, 4.69) is 34.4 Å². The van der Waals surface area contributed by atoms with Gasteiger partial charge >= 0.3 is 0 Å². The fourth-order valence-electron chi connectivity index (χ4n) is 3.42. The van der Waals surface area contributed by atoms with Gasteiger partial charge in [0.05, 0.1) is 6.61 Å². The molecule has 1 aromatic carbocycles. The number of aliphatic imine (C=N–C) groups is 1. The van der Waals surface area contributed by atoms with Crippen LogP contribution in [0.25, 0.3) is 0 Å². The average Bonchev–Trinajstić information content (AvgIpc) is 3.58. The molecule has 2 aliphatic carbocycles. The Bertz CT molecular complexity index is 674. The number of hydrogen-bond acceptors (Lipinski definition) is 4. The highest BCUT2D eigenvalue weighted by molar-refractivity contribution is 14.0. The second-order valence-electron chi connectivity index (χ2n) is 7.69. The van der Waals surface area contributed by atoms with E-state index in [9.17, 15) is 0 Å². The topological polar surface area (TPSA) is 55.3 Å². The molecule has 0 atom stereocenters. The van der Waals surface area contributed by atoms with Crippen molar-refractivity contribution in [3.05, 3.63) is 23.8 Å². The summed E-state index contributed by atoms with van der Waals surface area (Å²) in [6.07, 6.45) is 5.04. The van der Waals surface area contributed by atoms with E-state index in [4.69, 9.17) is 14.2 Å². The number of halogens is 1. The minimum Gasteiger partial charge on any atom is -0.454 e. The molecule has 27 heavy (non-hydrogen) atoms. The van der Waals surface area contributed by atoms with Crippen molar-refractivity contribution in [1.82, 2.24) is 10.2 Å². The first-order chi connectivity index (χ1) is 12.7. The quantitative estimate of drug-likeness (QED) is 0.265. The Morgan fingerprint density at radius 1 is 1.30 bits per heavy atom. The highest BCUT2D eigenvalue weighted by Gasteiger charge is 2.45. The molecule has 4 rings (SSSR count). The number of benzene rings is 1. The van der Waals surface area contributed by atoms with Crippen molar-refractivity contribution in [1.29, 1.82) is 0 Å². The molecule has 1 N–H and O–H groups in total. The van der Waals surface area contributed by atoms with Gasteiger partial charge in [0.1, 0.15) is 0 Å². The summed E-state index contributed by atoms with van der Waals surface area (Å²) in [5, 5.41) is 3.55. The fourth-order valence-corrected chi connectivity index (χ4v) is 3.42.